The van der Waals surface area contributed by atoms with Gasteiger partial charge in [0, 0.05) is 0 Å². The Morgan fingerprint density at radius 3 is 2.58 bits per heavy atom. The van der Waals surface area contributed by atoms with Gasteiger partial charge in [-0.05, 0) is 62.2 Å². The summed E-state index contributed by atoms with van der Waals surface area (Å²) in [7, 11) is 0. The zero-order chi connectivity index (χ0) is 18.2. The summed E-state index contributed by atoms with van der Waals surface area (Å²) >= 11 is 12.0. The second kappa shape index (κ2) is 9.95. The molecule has 140 valence electrons. The lowest BCUT2D eigenvalue weighted by Gasteiger charge is -2.27. The van der Waals surface area contributed by atoms with Crippen molar-refractivity contribution in [3.8, 4) is 0 Å². The summed E-state index contributed by atoms with van der Waals surface area (Å²) in [6.07, 6.45) is 7.10. The van der Waals surface area contributed by atoms with E-state index in [-0.39, 0.29) is 0 Å². The van der Waals surface area contributed by atoms with E-state index in [4.69, 9.17) is 28.2 Å². The molecule has 0 radical (unpaired) electrons. The monoisotopic (exact) mass is 392 g/mol. The second-order valence-electron chi connectivity index (χ2n) is 6.83. The van der Waals surface area contributed by atoms with Crippen molar-refractivity contribution < 1.29 is 9.32 Å². The van der Waals surface area contributed by atoms with Crippen molar-refractivity contribution in [2.45, 2.75) is 32.2 Å². The highest BCUT2D eigenvalue weighted by molar-refractivity contribution is 7.80. The van der Waals surface area contributed by atoms with Gasteiger partial charge in [-0.25, -0.2) is 0 Å². The van der Waals surface area contributed by atoms with E-state index in [0.717, 1.165) is 24.5 Å². The van der Waals surface area contributed by atoms with Crippen molar-refractivity contribution in [2.75, 3.05) is 31.5 Å². The summed E-state index contributed by atoms with van der Waals surface area (Å²) in [5.41, 5.74) is 0.839. The number of nitrogens with one attached hydrogen (secondary N) is 2. The number of quaternary nitrogens is 1. The van der Waals surface area contributed by atoms with Crippen LogP contribution >= 0.6 is 23.8 Å². The van der Waals surface area contributed by atoms with Crippen LogP contribution in [0.4, 0.5) is 5.69 Å². The molecule has 2 aromatic rings. The van der Waals surface area contributed by atoms with E-state index in [2.05, 4.69) is 10.2 Å². The molecule has 2 N–H and O–H groups in total. The normalized spacial score (nSPS) is 15.4. The first-order valence-electron chi connectivity index (χ1n) is 9.39. The number of thiocarbonyl (C=S) groups is 1. The van der Waals surface area contributed by atoms with Gasteiger partial charge in [-0.3, -0.25) is 0 Å². The minimum atomic E-state index is 0.663. The molecule has 26 heavy (non-hydrogen) atoms. The molecule has 0 bridgehead atoms. The number of para-hydroxylation sites is 1. The minimum Gasteiger partial charge on any atom is -0.467 e. The van der Waals surface area contributed by atoms with Crippen LogP contribution in [0.15, 0.2) is 47.1 Å². The van der Waals surface area contributed by atoms with Crippen LogP contribution in [-0.4, -0.2) is 36.2 Å². The van der Waals surface area contributed by atoms with E-state index in [0.29, 0.717) is 16.7 Å². The average Bonchev–Trinajstić information content (AvgIpc) is 3.02. The maximum Gasteiger partial charge on any atom is 0.174 e. The molecule has 6 heteroatoms. The van der Waals surface area contributed by atoms with E-state index in [9.17, 15) is 0 Å². The summed E-state index contributed by atoms with van der Waals surface area (Å²) in [5, 5.41) is 4.65. The number of halogens is 1. The molecule has 0 saturated carbocycles. The zero-order valence-electron chi connectivity index (χ0n) is 15.0. The van der Waals surface area contributed by atoms with Crippen molar-refractivity contribution in [3.05, 3.63) is 53.4 Å². The molecule has 1 aliphatic rings. The number of anilines is 1. The van der Waals surface area contributed by atoms with Crippen molar-refractivity contribution >= 4 is 34.6 Å². The molecule has 0 unspecified atom stereocenters. The Morgan fingerprint density at radius 2 is 1.88 bits per heavy atom. The summed E-state index contributed by atoms with van der Waals surface area (Å²) in [6.45, 7) is 5.17. The van der Waals surface area contributed by atoms with Crippen LogP contribution in [-0.2, 0) is 6.54 Å². The Bertz CT molecular complexity index is 684. The molecule has 4 nitrogen and oxygen atoms in total. The van der Waals surface area contributed by atoms with Gasteiger partial charge in [0.25, 0.3) is 0 Å². The van der Waals surface area contributed by atoms with Crippen molar-refractivity contribution in [3.63, 3.8) is 0 Å². The summed E-state index contributed by atoms with van der Waals surface area (Å²) < 4.78 is 5.54. The molecule has 1 aromatic carbocycles. The fourth-order valence-electron chi connectivity index (χ4n) is 3.37. The second-order valence-corrected chi connectivity index (χ2v) is 7.62. The molecule has 1 saturated heterocycles. The van der Waals surface area contributed by atoms with E-state index in [1.54, 1.807) is 11.2 Å². The number of rotatable bonds is 6. The molecule has 1 aromatic heterocycles. The molecule has 0 amide bonds. The van der Waals surface area contributed by atoms with Crippen LogP contribution in [0.1, 0.15) is 31.4 Å². The quantitative estimate of drug-likeness (QED) is 0.736. The van der Waals surface area contributed by atoms with E-state index in [1.807, 2.05) is 36.4 Å². The van der Waals surface area contributed by atoms with Crippen LogP contribution in [0.5, 0.6) is 0 Å². The lowest BCUT2D eigenvalue weighted by atomic mass is 10.2. The van der Waals surface area contributed by atoms with Gasteiger partial charge in [0.15, 0.2) is 5.11 Å². The maximum absolute atomic E-state index is 6.27. The molecular formula is C20H27ClN3OS+. The minimum absolute atomic E-state index is 0.663. The van der Waals surface area contributed by atoms with Crippen molar-refractivity contribution in [2.24, 2.45) is 0 Å². The molecule has 1 fully saturated rings. The third kappa shape index (κ3) is 5.73. The number of hydrogen-bond acceptors (Lipinski definition) is 2. The van der Waals surface area contributed by atoms with E-state index >= 15 is 0 Å². The molecule has 0 atom stereocenters. The van der Waals surface area contributed by atoms with E-state index in [1.165, 1.54) is 38.8 Å². The topological polar surface area (TPSA) is 32.9 Å². The third-order valence-electron chi connectivity index (χ3n) is 4.88. The lowest BCUT2D eigenvalue weighted by Crippen LogP contribution is -3.12. The fourth-order valence-corrected chi connectivity index (χ4v) is 3.82. The van der Waals surface area contributed by atoms with Crippen LogP contribution in [0.2, 0.25) is 5.02 Å². The molecule has 2 heterocycles. The number of likely N-dealkylation sites (tertiary alicyclic amines) is 1. The zero-order valence-corrected chi connectivity index (χ0v) is 16.6. The van der Waals surface area contributed by atoms with Crippen molar-refractivity contribution in [1.82, 2.24) is 4.90 Å². The highest BCUT2D eigenvalue weighted by Crippen LogP contribution is 2.21. The van der Waals surface area contributed by atoms with Gasteiger partial charge in [-0.1, -0.05) is 23.7 Å². The van der Waals surface area contributed by atoms with Crippen LogP contribution in [0.25, 0.3) is 0 Å². The third-order valence-corrected chi connectivity index (χ3v) is 5.57. The number of nitrogens with zero attached hydrogens (tertiary/aromatic N) is 1. The number of furan rings is 1. The highest BCUT2D eigenvalue weighted by Gasteiger charge is 2.18. The fraction of sp³-hybridized carbons (Fsp3) is 0.450. The van der Waals surface area contributed by atoms with Crippen LogP contribution in [0, 0.1) is 0 Å². The SMILES string of the molecule is S=C(Nc1ccccc1Cl)N(CC[NH+]1CCCCCC1)Cc1ccco1. The lowest BCUT2D eigenvalue weighted by molar-refractivity contribution is -0.898. The van der Waals surface area contributed by atoms with Gasteiger partial charge in [0.05, 0.1) is 49.7 Å². The molecule has 0 spiro atoms. The van der Waals surface area contributed by atoms with Gasteiger partial charge < -0.3 is 19.5 Å². The largest absolute Gasteiger partial charge is 0.467 e. The predicted molar refractivity (Wildman–Crippen MR) is 111 cm³/mol. The summed E-state index contributed by atoms with van der Waals surface area (Å²) in [6, 6.07) is 11.6. The molecule has 1 aliphatic heterocycles. The van der Waals surface area contributed by atoms with Gasteiger partial charge in [0.2, 0.25) is 0 Å². The Kier molecular flexibility index (Phi) is 7.35. The van der Waals surface area contributed by atoms with Crippen molar-refractivity contribution in [1.29, 1.82) is 0 Å². The van der Waals surface area contributed by atoms with Gasteiger partial charge in [0.1, 0.15) is 5.76 Å². The smallest absolute Gasteiger partial charge is 0.174 e. The van der Waals surface area contributed by atoms with Gasteiger partial charge in [-0.15, -0.1) is 0 Å². The standard InChI is InChI=1S/C20H26ClN3OS/c21-18-9-3-4-10-19(18)22-20(26)24(16-17-8-7-15-25-17)14-13-23-11-5-1-2-6-12-23/h3-4,7-10,15H,1-2,5-6,11-14,16H2,(H,22,26)/p+1. The Balaban J connectivity index is 1.63. The number of benzene rings is 1. The number of hydrogen-bond donors (Lipinski definition) is 2. The van der Waals surface area contributed by atoms with Gasteiger partial charge >= 0.3 is 0 Å². The molecular weight excluding hydrogens is 366 g/mol. The Labute approximate surface area is 166 Å². The summed E-state index contributed by atoms with van der Waals surface area (Å²) in [5.74, 6) is 0.916. The van der Waals surface area contributed by atoms with Crippen LogP contribution in [0.3, 0.4) is 0 Å². The molecule has 0 aliphatic carbocycles. The predicted octanol–water partition coefficient (Wildman–Crippen LogP) is 3.59. The maximum atomic E-state index is 6.27. The van der Waals surface area contributed by atoms with Crippen LogP contribution < -0.4 is 10.2 Å². The first kappa shape index (κ1) is 19.2. The average molecular weight is 393 g/mol. The first-order valence-corrected chi connectivity index (χ1v) is 10.2. The Hall–Kier alpha value is -1.56. The van der Waals surface area contributed by atoms with Gasteiger partial charge in [-0.2, -0.15) is 0 Å². The van der Waals surface area contributed by atoms with E-state index < -0.39 is 0 Å². The summed E-state index contributed by atoms with van der Waals surface area (Å²) in [4.78, 5) is 3.85. The molecule has 3 rings (SSSR count). The highest BCUT2D eigenvalue weighted by atomic mass is 35.5. The Morgan fingerprint density at radius 1 is 1.12 bits per heavy atom. The first-order chi connectivity index (χ1) is 12.7.